The fourth-order valence-electron chi connectivity index (χ4n) is 4.48. The van der Waals surface area contributed by atoms with Crippen molar-refractivity contribution < 1.29 is 0 Å². The topological polar surface area (TPSA) is 61.1 Å². The van der Waals surface area contributed by atoms with E-state index in [9.17, 15) is 0 Å². The summed E-state index contributed by atoms with van der Waals surface area (Å²) in [7, 11) is 0. The molecule has 0 aliphatic heterocycles. The summed E-state index contributed by atoms with van der Waals surface area (Å²) in [4.78, 5) is 5.05. The Hall–Kier alpha value is -3.70. The molecule has 31 heavy (non-hydrogen) atoms. The van der Waals surface area contributed by atoms with Gasteiger partial charge in [0.2, 0.25) is 0 Å². The molecule has 5 aromatic rings. The highest BCUT2D eigenvalue weighted by molar-refractivity contribution is 5.82. The summed E-state index contributed by atoms with van der Waals surface area (Å²) in [5.41, 5.74) is 13.7. The molecule has 1 aliphatic rings. The van der Waals surface area contributed by atoms with Gasteiger partial charge in [0.15, 0.2) is 0 Å². The third-order valence-electron chi connectivity index (χ3n) is 6.40. The van der Waals surface area contributed by atoms with Crippen molar-refractivity contribution in [2.45, 2.75) is 24.8 Å². The molecule has 6 rings (SSSR count). The lowest BCUT2D eigenvalue weighted by atomic mass is 9.72. The zero-order valence-electron chi connectivity index (χ0n) is 17.1. The van der Waals surface area contributed by atoms with E-state index in [1.54, 1.807) is 6.20 Å². The molecule has 0 radical (unpaired) electrons. The normalized spacial score (nSPS) is 15.1. The average molecular weight is 406 g/mol. The van der Waals surface area contributed by atoms with E-state index in [2.05, 4.69) is 76.4 Å². The Kier molecular flexibility index (Phi) is 4.04. The molecule has 5 heteroatoms. The van der Waals surface area contributed by atoms with Gasteiger partial charge in [0.1, 0.15) is 5.65 Å². The van der Waals surface area contributed by atoms with Crippen molar-refractivity contribution in [1.82, 2.24) is 19.2 Å². The second kappa shape index (κ2) is 6.93. The van der Waals surface area contributed by atoms with Crippen LogP contribution in [0.4, 0.5) is 0 Å². The average Bonchev–Trinajstić information content (AvgIpc) is 3.46. The Labute approximate surface area is 180 Å². The molecular weight excluding hydrogens is 382 g/mol. The van der Waals surface area contributed by atoms with Crippen LogP contribution in [0.1, 0.15) is 24.8 Å². The van der Waals surface area contributed by atoms with Crippen molar-refractivity contribution in [3.05, 3.63) is 97.0 Å². The van der Waals surface area contributed by atoms with Crippen molar-refractivity contribution in [2.24, 2.45) is 5.73 Å². The molecule has 2 N–H and O–H groups in total. The summed E-state index contributed by atoms with van der Waals surface area (Å²) in [6.45, 7) is 0. The number of hydrogen-bond acceptors (Lipinski definition) is 3. The molecule has 1 fully saturated rings. The minimum absolute atomic E-state index is 0.154. The quantitative estimate of drug-likeness (QED) is 0.447. The van der Waals surface area contributed by atoms with E-state index in [-0.39, 0.29) is 5.54 Å². The monoisotopic (exact) mass is 405 g/mol. The second-order valence-corrected chi connectivity index (χ2v) is 8.33. The number of pyridine rings is 1. The Morgan fingerprint density at radius 2 is 1.65 bits per heavy atom. The van der Waals surface area contributed by atoms with Crippen LogP contribution < -0.4 is 5.73 Å². The molecule has 1 saturated carbocycles. The maximum Gasteiger partial charge on any atom is 0.140 e. The summed E-state index contributed by atoms with van der Waals surface area (Å²) >= 11 is 0. The van der Waals surface area contributed by atoms with Crippen molar-refractivity contribution in [2.75, 3.05) is 0 Å². The molecule has 152 valence electrons. The molecule has 5 nitrogen and oxygen atoms in total. The Morgan fingerprint density at radius 1 is 0.839 bits per heavy atom. The highest BCUT2D eigenvalue weighted by atomic mass is 15.3. The highest BCUT2D eigenvalue weighted by Gasteiger charge is 2.34. The summed E-state index contributed by atoms with van der Waals surface area (Å²) < 4.78 is 4.01. The third-order valence-corrected chi connectivity index (χ3v) is 6.40. The van der Waals surface area contributed by atoms with Gasteiger partial charge >= 0.3 is 0 Å². The first-order chi connectivity index (χ1) is 15.2. The van der Waals surface area contributed by atoms with Crippen LogP contribution in [0.2, 0.25) is 0 Å². The van der Waals surface area contributed by atoms with Gasteiger partial charge in [0, 0.05) is 41.3 Å². The van der Waals surface area contributed by atoms with E-state index in [0.29, 0.717) is 0 Å². The number of hydrogen-bond donors (Lipinski definition) is 1. The zero-order valence-corrected chi connectivity index (χ0v) is 17.1. The van der Waals surface area contributed by atoms with Gasteiger partial charge in [-0.25, -0.2) is 9.67 Å². The summed E-state index contributed by atoms with van der Waals surface area (Å²) in [5.74, 6) is 0. The Morgan fingerprint density at radius 3 is 2.32 bits per heavy atom. The van der Waals surface area contributed by atoms with E-state index in [1.165, 1.54) is 12.0 Å². The second-order valence-electron chi connectivity index (χ2n) is 8.33. The summed E-state index contributed by atoms with van der Waals surface area (Å²) in [6, 6.07) is 25.1. The molecule has 0 amide bonds. The summed E-state index contributed by atoms with van der Waals surface area (Å²) in [5, 5.41) is 4.35. The molecular formula is C26H23N5. The van der Waals surface area contributed by atoms with Gasteiger partial charge in [-0.15, -0.1) is 0 Å². The van der Waals surface area contributed by atoms with E-state index in [1.807, 2.05) is 23.0 Å². The van der Waals surface area contributed by atoms with Crippen LogP contribution >= 0.6 is 0 Å². The predicted octanol–water partition coefficient (Wildman–Crippen LogP) is 5.19. The Bertz CT molecular complexity index is 1340. The maximum atomic E-state index is 6.53. The fourth-order valence-corrected chi connectivity index (χ4v) is 4.48. The lowest BCUT2D eigenvalue weighted by Gasteiger charge is -2.38. The van der Waals surface area contributed by atoms with Crippen LogP contribution in [0.3, 0.4) is 0 Å². The minimum Gasteiger partial charge on any atom is -0.321 e. The van der Waals surface area contributed by atoms with Gasteiger partial charge in [-0.3, -0.25) is 4.40 Å². The van der Waals surface area contributed by atoms with E-state index in [4.69, 9.17) is 10.7 Å². The van der Waals surface area contributed by atoms with Gasteiger partial charge in [-0.1, -0.05) is 54.6 Å². The van der Waals surface area contributed by atoms with Crippen LogP contribution in [-0.4, -0.2) is 19.2 Å². The molecule has 3 aromatic heterocycles. The van der Waals surface area contributed by atoms with Crippen LogP contribution in [-0.2, 0) is 5.54 Å². The first-order valence-electron chi connectivity index (χ1n) is 10.7. The van der Waals surface area contributed by atoms with Crippen molar-refractivity contribution >= 4 is 5.65 Å². The molecule has 0 spiro atoms. The SMILES string of the molecule is NC1(c2ccc(-c3nc4cc(-n5cccn5)ccn4c3-c3ccccc3)cc2)CCC1. The molecule has 0 saturated heterocycles. The van der Waals surface area contributed by atoms with Crippen LogP contribution in [0.25, 0.3) is 33.8 Å². The minimum atomic E-state index is -0.154. The molecule has 0 unspecified atom stereocenters. The van der Waals surface area contributed by atoms with E-state index < -0.39 is 0 Å². The standard InChI is InChI=1S/C26H23N5/c27-26(13-4-14-26)21-10-8-19(9-11-21)24-25(20-6-2-1-3-7-20)30-17-12-22(18-23(30)29-24)31-16-5-15-28-31/h1-3,5-12,15-18H,4,13-14,27H2. The fraction of sp³-hybridized carbons (Fsp3) is 0.154. The van der Waals surface area contributed by atoms with Crippen LogP contribution in [0, 0.1) is 0 Å². The number of nitrogens with two attached hydrogens (primary N) is 1. The number of aromatic nitrogens is 4. The zero-order chi connectivity index (χ0) is 20.8. The lowest BCUT2D eigenvalue weighted by molar-refractivity contribution is 0.253. The third kappa shape index (κ3) is 2.97. The van der Waals surface area contributed by atoms with Gasteiger partial charge in [0.05, 0.1) is 17.1 Å². The first kappa shape index (κ1) is 18.1. The number of rotatable bonds is 4. The van der Waals surface area contributed by atoms with Gasteiger partial charge in [-0.05, 0) is 37.0 Å². The van der Waals surface area contributed by atoms with Crippen LogP contribution in [0.5, 0.6) is 0 Å². The molecule has 1 aliphatic carbocycles. The molecule has 2 aromatic carbocycles. The number of nitrogens with zero attached hydrogens (tertiary/aromatic N) is 4. The first-order valence-corrected chi connectivity index (χ1v) is 10.7. The summed E-state index contributed by atoms with van der Waals surface area (Å²) in [6.07, 6.45) is 9.13. The highest BCUT2D eigenvalue weighted by Crippen LogP contribution is 2.40. The van der Waals surface area contributed by atoms with Crippen LogP contribution in [0.15, 0.2) is 91.4 Å². The Balaban J connectivity index is 1.52. The van der Waals surface area contributed by atoms with Gasteiger partial charge < -0.3 is 5.73 Å². The largest absolute Gasteiger partial charge is 0.321 e. The predicted molar refractivity (Wildman–Crippen MR) is 123 cm³/mol. The van der Waals surface area contributed by atoms with Crippen molar-refractivity contribution in [3.63, 3.8) is 0 Å². The van der Waals surface area contributed by atoms with Crippen molar-refractivity contribution in [1.29, 1.82) is 0 Å². The molecule has 3 heterocycles. The number of fused-ring (bicyclic) bond motifs is 1. The van der Waals surface area contributed by atoms with Gasteiger partial charge in [0.25, 0.3) is 0 Å². The van der Waals surface area contributed by atoms with E-state index >= 15 is 0 Å². The smallest absolute Gasteiger partial charge is 0.140 e. The molecule has 0 atom stereocenters. The van der Waals surface area contributed by atoms with Gasteiger partial charge in [-0.2, -0.15) is 5.10 Å². The lowest BCUT2D eigenvalue weighted by Crippen LogP contribution is -2.43. The number of imidazole rings is 1. The maximum absolute atomic E-state index is 6.53. The van der Waals surface area contributed by atoms with E-state index in [0.717, 1.165) is 46.7 Å². The number of benzene rings is 2. The van der Waals surface area contributed by atoms with Crippen molar-refractivity contribution in [3.8, 4) is 28.2 Å². The molecule has 0 bridgehead atoms.